The van der Waals surface area contributed by atoms with Crippen molar-refractivity contribution in [3.8, 4) is 21.6 Å². The number of nitrogen functional groups attached to an aromatic ring is 1. The van der Waals surface area contributed by atoms with Crippen LogP contribution in [0.4, 0.5) is 5.00 Å². The Hall–Kier alpha value is -2.06. The van der Waals surface area contributed by atoms with Crippen LogP contribution < -0.4 is 5.73 Å². The number of thiophene rings is 1. The molecule has 3 rings (SSSR count). The molecule has 18 heavy (non-hydrogen) atoms. The maximum atomic E-state index is 5.97. The highest BCUT2D eigenvalue weighted by Gasteiger charge is 2.10. The van der Waals surface area contributed by atoms with Crippen molar-refractivity contribution in [1.29, 1.82) is 0 Å². The molecule has 0 fully saturated rings. The fraction of sp³-hybridized carbons (Fsp3) is 0. The van der Waals surface area contributed by atoms with Crippen molar-refractivity contribution in [2.75, 3.05) is 5.73 Å². The van der Waals surface area contributed by atoms with E-state index in [9.17, 15) is 0 Å². The number of anilines is 1. The summed E-state index contributed by atoms with van der Waals surface area (Å²) in [6, 6.07) is 22.8. The van der Waals surface area contributed by atoms with Crippen LogP contribution in [0.25, 0.3) is 21.6 Å². The predicted molar refractivity (Wildman–Crippen MR) is 79.6 cm³/mol. The Kier molecular flexibility index (Phi) is 2.87. The smallest absolute Gasteiger partial charge is 0.0869 e. The summed E-state index contributed by atoms with van der Waals surface area (Å²) in [5.41, 5.74) is 9.62. The molecule has 0 atom stereocenters. The molecule has 0 saturated carbocycles. The molecular weight excluding hydrogens is 238 g/mol. The quantitative estimate of drug-likeness (QED) is 0.704. The van der Waals surface area contributed by atoms with Crippen LogP contribution in [-0.4, -0.2) is 0 Å². The lowest BCUT2D eigenvalue weighted by Crippen LogP contribution is -1.78. The van der Waals surface area contributed by atoms with Gasteiger partial charge in [-0.2, -0.15) is 0 Å². The van der Waals surface area contributed by atoms with Gasteiger partial charge in [0.05, 0.1) is 5.00 Å². The highest BCUT2D eigenvalue weighted by atomic mass is 32.1. The standard InChI is InChI=1S/C16H13NS/c17-15-11-14(12-7-3-1-4-8-12)16(18-15)13-9-5-2-6-10-13/h1-11H,17H2. The molecule has 0 aliphatic carbocycles. The van der Waals surface area contributed by atoms with Gasteiger partial charge in [-0.3, -0.25) is 0 Å². The van der Waals surface area contributed by atoms with Gasteiger partial charge in [-0.1, -0.05) is 60.7 Å². The van der Waals surface area contributed by atoms with Gasteiger partial charge in [-0.05, 0) is 17.2 Å². The van der Waals surface area contributed by atoms with E-state index < -0.39 is 0 Å². The SMILES string of the molecule is Nc1cc(-c2ccccc2)c(-c2ccccc2)s1. The van der Waals surface area contributed by atoms with Crippen molar-refractivity contribution in [2.24, 2.45) is 0 Å². The zero-order chi connectivity index (χ0) is 12.4. The average molecular weight is 251 g/mol. The van der Waals surface area contributed by atoms with E-state index in [-0.39, 0.29) is 0 Å². The molecule has 88 valence electrons. The van der Waals surface area contributed by atoms with Crippen molar-refractivity contribution in [3.63, 3.8) is 0 Å². The Morgan fingerprint density at radius 1 is 0.722 bits per heavy atom. The molecule has 0 aliphatic heterocycles. The molecule has 0 saturated heterocycles. The second-order valence-corrected chi connectivity index (χ2v) is 5.21. The van der Waals surface area contributed by atoms with Crippen molar-refractivity contribution in [3.05, 3.63) is 66.7 Å². The summed E-state index contributed by atoms with van der Waals surface area (Å²) in [6.45, 7) is 0. The zero-order valence-electron chi connectivity index (χ0n) is 9.84. The van der Waals surface area contributed by atoms with Crippen LogP contribution in [0.1, 0.15) is 0 Å². The van der Waals surface area contributed by atoms with E-state index in [1.54, 1.807) is 11.3 Å². The minimum absolute atomic E-state index is 0.854. The molecule has 0 radical (unpaired) electrons. The second-order valence-electron chi connectivity index (χ2n) is 4.12. The Labute approximate surface area is 111 Å². The van der Waals surface area contributed by atoms with E-state index in [2.05, 4.69) is 54.6 Å². The Morgan fingerprint density at radius 2 is 1.28 bits per heavy atom. The largest absolute Gasteiger partial charge is 0.391 e. The molecule has 0 amide bonds. The van der Waals surface area contributed by atoms with Crippen molar-refractivity contribution in [1.82, 2.24) is 0 Å². The third kappa shape index (κ3) is 2.03. The summed E-state index contributed by atoms with van der Waals surface area (Å²) in [6.07, 6.45) is 0. The summed E-state index contributed by atoms with van der Waals surface area (Å²) < 4.78 is 0. The topological polar surface area (TPSA) is 26.0 Å². The van der Waals surface area contributed by atoms with Gasteiger partial charge in [0.15, 0.2) is 0 Å². The first-order chi connectivity index (χ1) is 8.84. The highest BCUT2D eigenvalue weighted by molar-refractivity contribution is 7.19. The Bertz CT molecular complexity index is 584. The van der Waals surface area contributed by atoms with Gasteiger partial charge in [-0.15, -0.1) is 11.3 Å². The van der Waals surface area contributed by atoms with Crippen molar-refractivity contribution in [2.45, 2.75) is 0 Å². The number of hydrogen-bond acceptors (Lipinski definition) is 2. The van der Waals surface area contributed by atoms with E-state index in [4.69, 9.17) is 5.73 Å². The molecule has 1 heterocycles. The van der Waals surface area contributed by atoms with Crippen LogP contribution in [-0.2, 0) is 0 Å². The van der Waals surface area contributed by atoms with Crippen LogP contribution in [0.2, 0.25) is 0 Å². The lowest BCUT2D eigenvalue weighted by molar-refractivity contribution is 1.65. The fourth-order valence-corrected chi connectivity index (χ4v) is 3.00. The van der Waals surface area contributed by atoms with Crippen LogP contribution in [0, 0.1) is 0 Å². The number of rotatable bonds is 2. The van der Waals surface area contributed by atoms with Crippen LogP contribution >= 0.6 is 11.3 Å². The van der Waals surface area contributed by atoms with Gasteiger partial charge < -0.3 is 5.73 Å². The van der Waals surface area contributed by atoms with Crippen LogP contribution in [0.5, 0.6) is 0 Å². The summed E-state index contributed by atoms with van der Waals surface area (Å²) >= 11 is 1.64. The minimum Gasteiger partial charge on any atom is -0.391 e. The van der Waals surface area contributed by atoms with Gasteiger partial charge in [0, 0.05) is 10.4 Å². The first kappa shape index (κ1) is 11.1. The lowest BCUT2D eigenvalue weighted by Gasteiger charge is -2.03. The summed E-state index contributed by atoms with van der Waals surface area (Å²) in [5, 5.41) is 0.854. The Balaban J connectivity index is 2.17. The molecule has 2 N–H and O–H groups in total. The lowest BCUT2D eigenvalue weighted by atomic mass is 10.0. The molecule has 1 aromatic heterocycles. The van der Waals surface area contributed by atoms with E-state index in [0.717, 1.165) is 5.00 Å². The van der Waals surface area contributed by atoms with Gasteiger partial charge in [0.2, 0.25) is 0 Å². The normalized spacial score (nSPS) is 10.4. The van der Waals surface area contributed by atoms with E-state index in [0.29, 0.717) is 0 Å². The van der Waals surface area contributed by atoms with Crippen molar-refractivity contribution >= 4 is 16.3 Å². The minimum atomic E-state index is 0.854. The molecular formula is C16H13NS. The van der Waals surface area contributed by atoms with E-state index in [1.807, 2.05) is 12.1 Å². The predicted octanol–water partition coefficient (Wildman–Crippen LogP) is 4.66. The van der Waals surface area contributed by atoms with Crippen LogP contribution in [0.3, 0.4) is 0 Å². The molecule has 2 aromatic carbocycles. The summed E-state index contributed by atoms with van der Waals surface area (Å²) in [4.78, 5) is 1.24. The van der Waals surface area contributed by atoms with Crippen molar-refractivity contribution < 1.29 is 0 Å². The third-order valence-electron chi connectivity index (χ3n) is 2.87. The zero-order valence-corrected chi connectivity index (χ0v) is 10.7. The highest BCUT2D eigenvalue weighted by Crippen LogP contribution is 2.40. The number of benzene rings is 2. The molecule has 3 aromatic rings. The first-order valence-electron chi connectivity index (χ1n) is 5.85. The Morgan fingerprint density at radius 3 is 1.89 bits per heavy atom. The molecule has 2 heteroatoms. The van der Waals surface area contributed by atoms with Gasteiger partial charge in [-0.25, -0.2) is 0 Å². The summed E-state index contributed by atoms with van der Waals surface area (Å²) in [5.74, 6) is 0. The second kappa shape index (κ2) is 4.67. The number of hydrogen-bond donors (Lipinski definition) is 1. The maximum absolute atomic E-state index is 5.97. The molecule has 1 nitrogen and oxygen atoms in total. The first-order valence-corrected chi connectivity index (χ1v) is 6.66. The molecule has 0 spiro atoms. The van der Waals surface area contributed by atoms with Gasteiger partial charge in [0.1, 0.15) is 0 Å². The van der Waals surface area contributed by atoms with Gasteiger partial charge in [0.25, 0.3) is 0 Å². The molecule has 0 unspecified atom stereocenters. The monoisotopic (exact) mass is 251 g/mol. The fourth-order valence-electron chi connectivity index (χ4n) is 2.05. The van der Waals surface area contributed by atoms with Gasteiger partial charge >= 0.3 is 0 Å². The van der Waals surface area contributed by atoms with E-state index in [1.165, 1.54) is 21.6 Å². The van der Waals surface area contributed by atoms with E-state index >= 15 is 0 Å². The number of nitrogens with two attached hydrogens (primary N) is 1. The third-order valence-corrected chi connectivity index (χ3v) is 3.89. The van der Waals surface area contributed by atoms with Crippen LogP contribution in [0.15, 0.2) is 66.7 Å². The maximum Gasteiger partial charge on any atom is 0.0869 e. The molecule has 0 bridgehead atoms. The average Bonchev–Trinajstić information content (AvgIpc) is 2.83. The molecule has 0 aliphatic rings. The summed E-state index contributed by atoms with van der Waals surface area (Å²) in [7, 11) is 0.